The second-order valence-corrected chi connectivity index (χ2v) is 5.60. The first-order valence-corrected chi connectivity index (χ1v) is 6.93. The van der Waals surface area contributed by atoms with Gasteiger partial charge in [-0.05, 0) is 24.1 Å². The van der Waals surface area contributed by atoms with E-state index in [1.54, 1.807) is 24.3 Å². The lowest BCUT2D eigenvalue weighted by atomic mass is 10.1. The van der Waals surface area contributed by atoms with E-state index in [9.17, 15) is 13.2 Å². The van der Waals surface area contributed by atoms with Crippen LogP contribution in [0.3, 0.4) is 0 Å². The van der Waals surface area contributed by atoms with Gasteiger partial charge in [0.15, 0.2) is 9.84 Å². The lowest BCUT2D eigenvalue weighted by molar-refractivity contribution is 0.171. The molecule has 0 heterocycles. The molecule has 0 radical (unpaired) electrons. The number of hydrogen-bond donors (Lipinski definition) is 1. The third-order valence-electron chi connectivity index (χ3n) is 2.22. The number of amides is 1. The minimum atomic E-state index is -3.15. The first-order chi connectivity index (χ1) is 7.93. The molecule has 6 heteroatoms. The van der Waals surface area contributed by atoms with Crippen molar-refractivity contribution >= 4 is 15.9 Å². The molecule has 94 valence electrons. The lowest BCUT2D eigenvalue weighted by Gasteiger charge is -2.04. The van der Waals surface area contributed by atoms with E-state index in [1.165, 1.54) is 13.4 Å². The predicted octanol–water partition coefficient (Wildman–Crippen LogP) is 0.989. The van der Waals surface area contributed by atoms with E-state index in [-0.39, 0.29) is 0 Å². The summed E-state index contributed by atoms with van der Waals surface area (Å²) in [5.74, 6) is 0. The largest absolute Gasteiger partial charge is 0.453 e. The molecule has 0 saturated heterocycles. The Balaban J connectivity index is 2.55. The maximum atomic E-state index is 11.2. The Bertz CT molecular complexity index is 479. The van der Waals surface area contributed by atoms with Gasteiger partial charge in [-0.15, -0.1) is 0 Å². The number of alkyl carbamates (subject to hydrolysis) is 1. The molecule has 1 aromatic carbocycles. The highest BCUT2D eigenvalue weighted by Crippen LogP contribution is 2.10. The van der Waals surface area contributed by atoms with Crippen molar-refractivity contribution in [3.63, 3.8) is 0 Å². The minimum Gasteiger partial charge on any atom is -0.453 e. The van der Waals surface area contributed by atoms with Crippen LogP contribution in [0.5, 0.6) is 0 Å². The van der Waals surface area contributed by atoms with E-state index in [1.807, 2.05) is 0 Å². The first-order valence-electron chi connectivity index (χ1n) is 5.04. The van der Waals surface area contributed by atoms with Crippen LogP contribution in [-0.2, 0) is 21.0 Å². The Kier molecular flexibility index (Phi) is 4.51. The Morgan fingerprint density at radius 3 is 2.35 bits per heavy atom. The van der Waals surface area contributed by atoms with Gasteiger partial charge in [-0.3, -0.25) is 0 Å². The van der Waals surface area contributed by atoms with E-state index in [0.29, 0.717) is 17.9 Å². The van der Waals surface area contributed by atoms with Gasteiger partial charge in [0.25, 0.3) is 0 Å². The number of carbonyl (C=O) groups excluding carboxylic acids is 1. The quantitative estimate of drug-likeness (QED) is 0.873. The summed E-state index contributed by atoms with van der Waals surface area (Å²) in [4.78, 5) is 11.1. The Morgan fingerprint density at radius 2 is 1.88 bits per heavy atom. The molecule has 0 atom stereocenters. The zero-order valence-corrected chi connectivity index (χ0v) is 10.6. The monoisotopic (exact) mass is 257 g/mol. The second kappa shape index (κ2) is 5.67. The Morgan fingerprint density at radius 1 is 1.29 bits per heavy atom. The summed E-state index contributed by atoms with van der Waals surface area (Å²) in [6.45, 7) is 0.449. The van der Waals surface area contributed by atoms with E-state index in [2.05, 4.69) is 10.1 Å². The molecule has 0 unspecified atom stereocenters. The van der Waals surface area contributed by atoms with Crippen molar-refractivity contribution in [3.05, 3.63) is 29.8 Å². The molecule has 1 amide bonds. The van der Waals surface area contributed by atoms with Gasteiger partial charge in [-0.25, -0.2) is 13.2 Å². The van der Waals surface area contributed by atoms with Crippen LogP contribution >= 0.6 is 0 Å². The molecular formula is C11H15NO4S. The molecule has 1 N–H and O–H groups in total. The highest BCUT2D eigenvalue weighted by Gasteiger charge is 2.06. The van der Waals surface area contributed by atoms with Crippen molar-refractivity contribution in [2.24, 2.45) is 0 Å². The summed E-state index contributed by atoms with van der Waals surface area (Å²) in [6.07, 6.45) is 1.32. The van der Waals surface area contributed by atoms with Crippen LogP contribution in [0.2, 0.25) is 0 Å². The Labute approximate surface area is 101 Å². The summed E-state index contributed by atoms with van der Waals surface area (Å²) in [6, 6.07) is 6.58. The van der Waals surface area contributed by atoms with E-state index >= 15 is 0 Å². The topological polar surface area (TPSA) is 72.5 Å². The molecule has 0 aromatic heterocycles. The van der Waals surface area contributed by atoms with Gasteiger partial charge < -0.3 is 10.1 Å². The molecular weight excluding hydrogens is 242 g/mol. The number of hydrogen-bond acceptors (Lipinski definition) is 4. The number of ether oxygens (including phenoxy) is 1. The predicted molar refractivity (Wildman–Crippen MR) is 63.7 cm³/mol. The molecule has 5 nitrogen and oxygen atoms in total. The Hall–Kier alpha value is -1.56. The number of carbonyl (C=O) groups is 1. The molecule has 0 fully saturated rings. The fraction of sp³-hybridized carbons (Fsp3) is 0.364. The van der Waals surface area contributed by atoms with E-state index in [4.69, 9.17) is 0 Å². The van der Waals surface area contributed by atoms with Gasteiger partial charge in [-0.1, -0.05) is 12.1 Å². The average molecular weight is 257 g/mol. The zero-order chi connectivity index (χ0) is 12.9. The van der Waals surface area contributed by atoms with E-state index < -0.39 is 15.9 Å². The van der Waals surface area contributed by atoms with Crippen molar-refractivity contribution in [3.8, 4) is 0 Å². The molecule has 0 bridgehead atoms. The molecule has 0 spiro atoms. The fourth-order valence-corrected chi connectivity index (χ4v) is 1.91. The number of nitrogens with one attached hydrogen (secondary N) is 1. The molecule has 17 heavy (non-hydrogen) atoms. The number of benzene rings is 1. The van der Waals surface area contributed by atoms with Gasteiger partial charge in [0.05, 0.1) is 12.0 Å². The summed E-state index contributed by atoms with van der Waals surface area (Å²) < 4.78 is 26.8. The van der Waals surface area contributed by atoms with Crippen molar-refractivity contribution < 1.29 is 17.9 Å². The van der Waals surface area contributed by atoms with Gasteiger partial charge in [0.2, 0.25) is 0 Å². The smallest absolute Gasteiger partial charge is 0.406 e. The molecule has 0 aliphatic rings. The number of rotatable bonds is 4. The van der Waals surface area contributed by atoms with Crippen molar-refractivity contribution in [1.82, 2.24) is 5.32 Å². The van der Waals surface area contributed by atoms with Crippen LogP contribution in [0.4, 0.5) is 4.79 Å². The van der Waals surface area contributed by atoms with Crippen LogP contribution in [-0.4, -0.2) is 34.4 Å². The minimum absolute atomic E-state index is 0.294. The first kappa shape index (κ1) is 13.5. The molecule has 0 aliphatic carbocycles. The zero-order valence-electron chi connectivity index (χ0n) is 9.76. The second-order valence-electron chi connectivity index (χ2n) is 3.58. The van der Waals surface area contributed by atoms with Gasteiger partial charge in [0, 0.05) is 12.8 Å². The van der Waals surface area contributed by atoms with E-state index in [0.717, 1.165) is 5.56 Å². The number of sulfone groups is 1. The fourth-order valence-electron chi connectivity index (χ4n) is 1.28. The third-order valence-corrected chi connectivity index (χ3v) is 3.35. The standard InChI is InChI=1S/C11H15NO4S/c1-16-11(13)12-8-7-9-3-5-10(6-4-9)17(2,14)15/h3-6H,7-8H2,1-2H3,(H,12,13). The van der Waals surface area contributed by atoms with Crippen LogP contribution in [0.1, 0.15) is 5.56 Å². The SMILES string of the molecule is COC(=O)NCCc1ccc(S(C)(=O)=O)cc1. The summed E-state index contributed by atoms with van der Waals surface area (Å²) >= 11 is 0. The average Bonchev–Trinajstić information content (AvgIpc) is 2.28. The summed E-state index contributed by atoms with van der Waals surface area (Å²) in [7, 11) is -1.85. The van der Waals surface area contributed by atoms with Gasteiger partial charge in [-0.2, -0.15) is 0 Å². The van der Waals surface area contributed by atoms with Crippen molar-refractivity contribution in [1.29, 1.82) is 0 Å². The molecule has 0 aliphatic heterocycles. The maximum absolute atomic E-state index is 11.2. The van der Waals surface area contributed by atoms with Crippen LogP contribution in [0.25, 0.3) is 0 Å². The van der Waals surface area contributed by atoms with Crippen molar-refractivity contribution in [2.75, 3.05) is 19.9 Å². The highest BCUT2D eigenvalue weighted by atomic mass is 32.2. The molecule has 1 aromatic rings. The summed E-state index contributed by atoms with van der Waals surface area (Å²) in [5.41, 5.74) is 0.953. The maximum Gasteiger partial charge on any atom is 0.406 e. The summed E-state index contributed by atoms with van der Waals surface area (Å²) in [5, 5.41) is 2.55. The van der Waals surface area contributed by atoms with Crippen molar-refractivity contribution in [2.45, 2.75) is 11.3 Å². The normalized spacial score (nSPS) is 10.9. The highest BCUT2D eigenvalue weighted by molar-refractivity contribution is 7.90. The van der Waals surface area contributed by atoms with Crippen LogP contribution < -0.4 is 5.32 Å². The van der Waals surface area contributed by atoms with Crippen LogP contribution in [0, 0.1) is 0 Å². The molecule has 0 saturated carbocycles. The van der Waals surface area contributed by atoms with Crippen LogP contribution in [0.15, 0.2) is 29.2 Å². The third kappa shape index (κ3) is 4.44. The lowest BCUT2D eigenvalue weighted by Crippen LogP contribution is -2.25. The van der Waals surface area contributed by atoms with Gasteiger partial charge in [0.1, 0.15) is 0 Å². The molecule has 1 rings (SSSR count). The van der Waals surface area contributed by atoms with Gasteiger partial charge >= 0.3 is 6.09 Å². The number of methoxy groups -OCH3 is 1.